The Morgan fingerprint density at radius 3 is 1.69 bits per heavy atom. The highest BCUT2D eigenvalue weighted by Crippen LogP contribution is 2.40. The first-order valence-electron chi connectivity index (χ1n) is 14.9. The molecule has 6 rings (SSSR count). The summed E-state index contributed by atoms with van der Waals surface area (Å²) in [6.45, 7) is 13.4. The summed E-state index contributed by atoms with van der Waals surface area (Å²) in [5.41, 5.74) is 5.31. The van der Waals surface area contributed by atoms with Crippen molar-refractivity contribution in [1.82, 2.24) is 9.80 Å². The first-order valence-corrected chi connectivity index (χ1v) is 19.4. The molecule has 0 saturated carbocycles. The van der Waals surface area contributed by atoms with Gasteiger partial charge in [0.2, 0.25) is 0 Å². The Kier molecular flexibility index (Phi) is 9.63. The maximum atomic E-state index is 13.1. The molecule has 0 radical (unpaired) electrons. The molecule has 9 heteroatoms. The van der Waals surface area contributed by atoms with E-state index in [9.17, 15) is 14.7 Å². The minimum Gasteiger partial charge on any atom is -0.543 e. The predicted molar refractivity (Wildman–Crippen MR) is 188 cm³/mol. The number of halogens is 2. The van der Waals surface area contributed by atoms with E-state index in [1.807, 2.05) is 71.6 Å². The number of phenols is 1. The molecular formula is C36H38Br2N2O4Si. The lowest BCUT2D eigenvalue weighted by Gasteiger charge is -2.36. The van der Waals surface area contributed by atoms with Gasteiger partial charge in [0.05, 0.1) is 11.1 Å². The van der Waals surface area contributed by atoms with Crippen molar-refractivity contribution in [3.8, 4) is 11.5 Å². The van der Waals surface area contributed by atoms with Crippen LogP contribution in [0.4, 0.5) is 0 Å². The Balaban J connectivity index is 0.000000186. The maximum absolute atomic E-state index is 13.1. The smallest absolute Gasteiger partial charge is 0.258 e. The number of carbonyl (C=O) groups excluding carboxylic acids is 2. The monoisotopic (exact) mass is 748 g/mol. The van der Waals surface area contributed by atoms with Crippen molar-refractivity contribution < 1.29 is 19.1 Å². The largest absolute Gasteiger partial charge is 0.543 e. The number of hydrogen-bond donors (Lipinski definition) is 1. The lowest BCUT2D eigenvalue weighted by Crippen LogP contribution is -2.44. The van der Waals surface area contributed by atoms with E-state index in [1.165, 1.54) is 0 Å². The second-order valence-corrected chi connectivity index (χ2v) is 19.6. The number of phenolic OH excluding ortho intramolecular Hbond substituents is 1. The molecule has 4 aromatic carbocycles. The Labute approximate surface area is 283 Å². The average molecular weight is 751 g/mol. The second-order valence-electron chi connectivity index (χ2n) is 13.0. The van der Waals surface area contributed by atoms with Crippen LogP contribution < -0.4 is 4.43 Å². The summed E-state index contributed by atoms with van der Waals surface area (Å²) in [5.74, 6) is 0.775. The van der Waals surface area contributed by atoms with E-state index in [-0.39, 0.29) is 22.6 Å². The minimum absolute atomic E-state index is 0.0642. The number of carbonyl (C=O) groups is 2. The maximum Gasteiger partial charge on any atom is 0.258 e. The van der Waals surface area contributed by atoms with Crippen LogP contribution >= 0.6 is 31.9 Å². The molecule has 4 aromatic rings. The van der Waals surface area contributed by atoms with E-state index in [0.717, 1.165) is 42.5 Å². The van der Waals surface area contributed by atoms with Gasteiger partial charge in [0, 0.05) is 35.1 Å². The Hall–Kier alpha value is -3.40. The fraction of sp³-hybridized carbons (Fsp3) is 0.278. The van der Waals surface area contributed by atoms with Crippen LogP contribution in [0.5, 0.6) is 11.5 Å². The quantitative estimate of drug-likeness (QED) is 0.200. The van der Waals surface area contributed by atoms with Gasteiger partial charge in [-0.15, -0.1) is 0 Å². The number of hydrogen-bond acceptors (Lipinski definition) is 4. The van der Waals surface area contributed by atoms with Crippen molar-refractivity contribution >= 4 is 52.0 Å². The number of rotatable bonds is 6. The molecule has 234 valence electrons. The molecule has 0 spiro atoms. The predicted octanol–water partition coefficient (Wildman–Crippen LogP) is 9.30. The Morgan fingerprint density at radius 1 is 0.733 bits per heavy atom. The molecule has 2 aliphatic heterocycles. The van der Waals surface area contributed by atoms with Crippen molar-refractivity contribution in [2.45, 2.75) is 65.1 Å². The standard InChI is InChI=1S/C21H26BrNO2Si.C15H12BrNO2/c1-21(2,3)26(4,5)25-18-11-7-9-16-14-23(20(24)19(16)18)13-15-8-6-10-17(22)12-15;16-12-5-1-3-10(7-12)8-17-9-11-4-2-6-13(18)14(11)15(17)19/h6-12H,13-14H2,1-5H3;1-7,18H,8-9H2. The number of aromatic hydroxyl groups is 1. The van der Waals surface area contributed by atoms with E-state index < -0.39 is 8.32 Å². The van der Waals surface area contributed by atoms with Gasteiger partial charge in [0.15, 0.2) is 0 Å². The Morgan fingerprint density at radius 2 is 1.20 bits per heavy atom. The van der Waals surface area contributed by atoms with Crippen LogP contribution in [0.1, 0.15) is 63.7 Å². The van der Waals surface area contributed by atoms with Crippen molar-refractivity contribution in [2.24, 2.45) is 0 Å². The molecule has 0 bridgehead atoms. The summed E-state index contributed by atoms with van der Waals surface area (Å²) in [6, 6.07) is 27.2. The van der Waals surface area contributed by atoms with Crippen LogP contribution in [-0.2, 0) is 26.2 Å². The molecule has 0 fully saturated rings. The molecule has 2 amide bonds. The molecule has 2 aliphatic rings. The molecule has 0 aliphatic carbocycles. The SMILES string of the molecule is CC(C)(C)[Si](C)(C)Oc1cccc2c1C(=O)N(Cc1cccc(Br)c1)C2.O=C1c2c(O)cccc2CN1Cc1cccc(Br)c1. The van der Waals surface area contributed by atoms with Crippen LogP contribution in [0.3, 0.4) is 0 Å². The Bertz CT molecular complexity index is 1750. The lowest BCUT2D eigenvalue weighted by molar-refractivity contribution is 0.0757. The van der Waals surface area contributed by atoms with Crippen LogP contribution in [-0.4, -0.2) is 35.0 Å². The summed E-state index contributed by atoms with van der Waals surface area (Å²) in [5, 5.41) is 9.87. The zero-order chi connectivity index (χ0) is 32.5. The molecule has 1 N–H and O–H groups in total. The van der Waals surface area contributed by atoms with E-state index in [4.69, 9.17) is 4.43 Å². The highest BCUT2D eigenvalue weighted by molar-refractivity contribution is 9.10. The van der Waals surface area contributed by atoms with Gasteiger partial charge in [-0.25, -0.2) is 0 Å². The van der Waals surface area contributed by atoms with Gasteiger partial charge in [0.25, 0.3) is 20.1 Å². The summed E-state index contributed by atoms with van der Waals surface area (Å²) in [7, 11) is -2.00. The normalized spacial score (nSPS) is 14.2. The van der Waals surface area contributed by atoms with Crippen LogP contribution in [0.15, 0.2) is 93.9 Å². The van der Waals surface area contributed by atoms with Crippen molar-refractivity contribution in [1.29, 1.82) is 0 Å². The van der Waals surface area contributed by atoms with E-state index in [0.29, 0.717) is 31.7 Å². The van der Waals surface area contributed by atoms with E-state index in [2.05, 4.69) is 71.8 Å². The molecule has 2 heterocycles. The fourth-order valence-electron chi connectivity index (χ4n) is 5.27. The van der Waals surface area contributed by atoms with Gasteiger partial charge < -0.3 is 19.3 Å². The van der Waals surface area contributed by atoms with Crippen LogP contribution in [0.2, 0.25) is 18.1 Å². The number of nitrogens with zero attached hydrogens (tertiary/aromatic N) is 2. The lowest BCUT2D eigenvalue weighted by atomic mass is 10.1. The molecule has 45 heavy (non-hydrogen) atoms. The molecular weight excluding hydrogens is 712 g/mol. The average Bonchev–Trinajstić information content (AvgIpc) is 3.45. The van der Waals surface area contributed by atoms with Crippen molar-refractivity contribution in [3.63, 3.8) is 0 Å². The fourth-order valence-corrected chi connectivity index (χ4v) is 7.19. The molecule has 6 nitrogen and oxygen atoms in total. The van der Waals surface area contributed by atoms with Gasteiger partial charge in [-0.2, -0.15) is 0 Å². The summed E-state index contributed by atoms with van der Waals surface area (Å²) < 4.78 is 8.51. The number of amides is 2. The topological polar surface area (TPSA) is 70.1 Å². The number of benzene rings is 4. The number of fused-ring (bicyclic) bond motifs is 2. The summed E-state index contributed by atoms with van der Waals surface area (Å²) in [6.07, 6.45) is 0. The van der Waals surface area contributed by atoms with Crippen molar-refractivity contribution in [3.05, 3.63) is 127 Å². The first kappa shape index (κ1) is 33.0. The third-order valence-electron chi connectivity index (χ3n) is 8.66. The van der Waals surface area contributed by atoms with Gasteiger partial charge in [-0.1, -0.05) is 101 Å². The second kappa shape index (κ2) is 13.1. The zero-order valence-electron chi connectivity index (χ0n) is 26.2. The van der Waals surface area contributed by atoms with Gasteiger partial charge in [-0.3, -0.25) is 9.59 Å². The molecule has 0 atom stereocenters. The highest BCUT2D eigenvalue weighted by Gasteiger charge is 2.41. The zero-order valence-corrected chi connectivity index (χ0v) is 30.4. The minimum atomic E-state index is -2.00. The van der Waals surface area contributed by atoms with E-state index in [1.54, 1.807) is 17.0 Å². The third-order valence-corrected chi connectivity index (χ3v) is 14.0. The van der Waals surface area contributed by atoms with Crippen molar-refractivity contribution in [2.75, 3.05) is 0 Å². The molecule has 0 unspecified atom stereocenters. The molecule has 0 aromatic heterocycles. The van der Waals surface area contributed by atoms with Gasteiger partial charge in [0.1, 0.15) is 11.5 Å². The summed E-state index contributed by atoms with van der Waals surface area (Å²) in [4.78, 5) is 29.0. The third kappa shape index (κ3) is 7.37. The van der Waals surface area contributed by atoms with Crippen LogP contribution in [0, 0.1) is 0 Å². The highest BCUT2D eigenvalue weighted by atomic mass is 79.9. The van der Waals surface area contributed by atoms with E-state index >= 15 is 0 Å². The van der Waals surface area contributed by atoms with Crippen LogP contribution in [0.25, 0.3) is 0 Å². The summed E-state index contributed by atoms with van der Waals surface area (Å²) >= 11 is 6.92. The van der Waals surface area contributed by atoms with Gasteiger partial charge >= 0.3 is 0 Å². The molecule has 0 saturated heterocycles. The van der Waals surface area contributed by atoms with Gasteiger partial charge in [-0.05, 0) is 76.8 Å². The first-order chi connectivity index (χ1) is 21.2.